The number of fused-ring (bicyclic) bond motifs is 1. The van der Waals surface area contributed by atoms with Gasteiger partial charge in [-0.2, -0.15) is 5.10 Å². The first-order valence-corrected chi connectivity index (χ1v) is 8.06. The number of para-hydroxylation sites is 1. The van der Waals surface area contributed by atoms with Crippen LogP contribution in [0, 0.1) is 0 Å². The lowest BCUT2D eigenvalue weighted by molar-refractivity contribution is 0.0907. The minimum absolute atomic E-state index is 0.0655. The number of aryl methyl sites for hydroxylation is 1. The summed E-state index contributed by atoms with van der Waals surface area (Å²) < 4.78 is 88.2. The molecule has 1 N–H and O–H groups in total. The standard InChI is InChI=1S/C22H27N3O/c1-4-5-11-16-25-19-15-10-9-14-18(19)20(24-25)21(26)23-22(2,3)17-12-7-6-8-13-17/h6-10,12-15H,4-5,11,16H2,1-3H3,(H,23,26)/i1D3,4D2,5D2,11D2,16D2. The van der Waals surface area contributed by atoms with Crippen molar-refractivity contribution in [3.05, 3.63) is 65.9 Å². The molecule has 0 aliphatic rings. The van der Waals surface area contributed by atoms with E-state index in [0.717, 1.165) is 5.56 Å². The number of carbonyl (C=O) groups excluding carboxylic acids is 1. The summed E-state index contributed by atoms with van der Waals surface area (Å²) in [6.07, 6.45) is -11.4. The maximum atomic E-state index is 13.3. The minimum atomic E-state index is -3.85. The molecule has 0 aliphatic heterocycles. The third-order valence-electron chi connectivity index (χ3n) is 4.01. The highest BCUT2D eigenvalue weighted by Crippen LogP contribution is 2.23. The van der Waals surface area contributed by atoms with Gasteiger partial charge in [-0.1, -0.05) is 68.1 Å². The molecule has 3 aromatic rings. The molecule has 1 aromatic heterocycles. The molecule has 4 nitrogen and oxygen atoms in total. The van der Waals surface area contributed by atoms with Crippen LogP contribution in [0.4, 0.5) is 0 Å². The highest BCUT2D eigenvalue weighted by molar-refractivity contribution is 6.05. The number of hydrogen-bond donors (Lipinski definition) is 1. The van der Waals surface area contributed by atoms with Gasteiger partial charge in [-0.15, -0.1) is 0 Å². The predicted octanol–water partition coefficient (Wildman–Crippen LogP) is 4.89. The maximum Gasteiger partial charge on any atom is 0.273 e. The Hall–Kier alpha value is -2.62. The molecule has 0 atom stereocenters. The molecule has 0 fully saturated rings. The van der Waals surface area contributed by atoms with Crippen LogP contribution in [0.1, 0.15) is 70.9 Å². The summed E-state index contributed by atoms with van der Waals surface area (Å²) in [6, 6.07) is 14.9. The Kier molecular flexibility index (Phi) is 2.63. The summed E-state index contributed by atoms with van der Waals surface area (Å²) in [5.74, 6) is -0.707. The molecule has 0 saturated carbocycles. The van der Waals surface area contributed by atoms with Crippen LogP contribution < -0.4 is 5.32 Å². The highest BCUT2D eigenvalue weighted by atomic mass is 16.2. The highest BCUT2D eigenvalue weighted by Gasteiger charge is 2.26. The summed E-state index contributed by atoms with van der Waals surface area (Å²) in [6.45, 7) is -3.52. The molecule has 0 unspecified atom stereocenters. The second-order valence-corrected chi connectivity index (χ2v) is 6.21. The monoisotopic (exact) mass is 360 g/mol. The molecule has 0 saturated heterocycles. The molecule has 1 amide bonds. The van der Waals surface area contributed by atoms with E-state index >= 15 is 0 Å². The molecule has 0 spiro atoms. The van der Waals surface area contributed by atoms with Crippen LogP contribution in [0.25, 0.3) is 10.9 Å². The first-order chi connectivity index (χ1) is 16.7. The summed E-state index contributed by atoms with van der Waals surface area (Å²) in [4.78, 5) is 13.3. The number of nitrogens with zero attached hydrogens (tertiary/aromatic N) is 2. The third-order valence-corrected chi connectivity index (χ3v) is 4.01. The fourth-order valence-corrected chi connectivity index (χ4v) is 2.70. The topological polar surface area (TPSA) is 46.9 Å². The van der Waals surface area contributed by atoms with E-state index in [1.165, 1.54) is 18.2 Å². The van der Waals surface area contributed by atoms with E-state index in [1.807, 2.05) is 18.2 Å². The molecular weight excluding hydrogens is 322 g/mol. The van der Waals surface area contributed by atoms with E-state index in [4.69, 9.17) is 15.1 Å². The number of hydrogen-bond acceptors (Lipinski definition) is 2. The summed E-state index contributed by atoms with van der Waals surface area (Å²) in [7, 11) is 0. The largest absolute Gasteiger partial charge is 0.342 e. The Bertz CT molecular complexity index is 1300. The van der Waals surface area contributed by atoms with Gasteiger partial charge in [-0.05, 0) is 31.9 Å². The molecule has 0 radical (unpaired) electrons. The Morgan fingerprint density at radius 3 is 2.65 bits per heavy atom. The van der Waals surface area contributed by atoms with Gasteiger partial charge >= 0.3 is 0 Å². The van der Waals surface area contributed by atoms with Crippen molar-refractivity contribution in [1.29, 1.82) is 0 Å². The first-order valence-electron chi connectivity index (χ1n) is 13.6. The van der Waals surface area contributed by atoms with Gasteiger partial charge in [0.05, 0.1) is 13.8 Å². The molecule has 1 heterocycles. The number of amides is 1. The van der Waals surface area contributed by atoms with E-state index in [0.29, 0.717) is 4.68 Å². The van der Waals surface area contributed by atoms with Crippen LogP contribution in [0.5, 0.6) is 0 Å². The predicted molar refractivity (Wildman–Crippen MR) is 106 cm³/mol. The molecule has 4 heteroatoms. The van der Waals surface area contributed by atoms with Gasteiger partial charge in [-0.25, -0.2) is 0 Å². The number of aromatic nitrogens is 2. The summed E-state index contributed by atoms with van der Waals surface area (Å²) in [5.41, 5.74) is -0.425. The lowest BCUT2D eigenvalue weighted by Gasteiger charge is -2.26. The molecule has 0 aliphatic carbocycles. The fraction of sp³-hybridized carbons (Fsp3) is 0.364. The van der Waals surface area contributed by atoms with Gasteiger partial charge in [0.2, 0.25) is 0 Å². The van der Waals surface area contributed by atoms with E-state index in [2.05, 4.69) is 10.4 Å². The molecule has 0 bridgehead atoms. The third kappa shape index (κ3) is 3.79. The van der Waals surface area contributed by atoms with Gasteiger partial charge in [0.25, 0.3) is 5.91 Å². The van der Waals surface area contributed by atoms with Crippen molar-refractivity contribution in [2.45, 2.75) is 51.9 Å². The van der Waals surface area contributed by atoms with Gasteiger partial charge in [0, 0.05) is 24.2 Å². The van der Waals surface area contributed by atoms with Crippen LogP contribution in [-0.2, 0) is 12.0 Å². The number of benzene rings is 2. The Balaban J connectivity index is 2.13. The summed E-state index contributed by atoms with van der Waals surface area (Å²) >= 11 is 0. The van der Waals surface area contributed by atoms with Gasteiger partial charge in [-0.3, -0.25) is 9.48 Å². The minimum Gasteiger partial charge on any atom is -0.342 e. The van der Waals surface area contributed by atoms with Crippen molar-refractivity contribution in [2.75, 3.05) is 0 Å². The Morgan fingerprint density at radius 2 is 1.88 bits per heavy atom. The van der Waals surface area contributed by atoms with Crippen molar-refractivity contribution < 1.29 is 19.9 Å². The van der Waals surface area contributed by atoms with Crippen LogP contribution in [-0.4, -0.2) is 15.7 Å². The van der Waals surface area contributed by atoms with Gasteiger partial charge < -0.3 is 5.32 Å². The van der Waals surface area contributed by atoms with Crippen molar-refractivity contribution in [3.63, 3.8) is 0 Å². The second kappa shape index (κ2) is 7.73. The number of carbonyl (C=O) groups is 1. The molecule has 2 aromatic carbocycles. The Morgan fingerprint density at radius 1 is 1.15 bits per heavy atom. The number of rotatable bonds is 7. The first kappa shape index (κ1) is 8.85. The van der Waals surface area contributed by atoms with E-state index in [1.54, 1.807) is 32.0 Å². The second-order valence-electron chi connectivity index (χ2n) is 6.21. The van der Waals surface area contributed by atoms with Crippen LogP contribution in [0.2, 0.25) is 0 Å². The summed E-state index contributed by atoms with van der Waals surface area (Å²) in [5, 5.41) is 6.98. The maximum absolute atomic E-state index is 13.3. The molecule has 136 valence electrons. The average Bonchev–Trinajstić information content (AvgIpc) is 3.19. The molecule has 3 rings (SSSR count). The van der Waals surface area contributed by atoms with Crippen LogP contribution in [0.3, 0.4) is 0 Å². The van der Waals surface area contributed by atoms with Crippen molar-refractivity contribution in [2.24, 2.45) is 0 Å². The molecule has 26 heavy (non-hydrogen) atoms. The fourth-order valence-electron chi connectivity index (χ4n) is 2.70. The van der Waals surface area contributed by atoms with Crippen LogP contribution >= 0.6 is 0 Å². The van der Waals surface area contributed by atoms with Crippen molar-refractivity contribution in [3.8, 4) is 0 Å². The van der Waals surface area contributed by atoms with Gasteiger partial charge in [0.1, 0.15) is 0 Å². The van der Waals surface area contributed by atoms with Crippen LogP contribution in [0.15, 0.2) is 54.6 Å². The molecular formula is C22H27N3O. The average molecular weight is 361 g/mol. The Labute approximate surface area is 170 Å². The normalized spacial score (nSPS) is 20.6. The van der Waals surface area contributed by atoms with E-state index < -0.39 is 43.9 Å². The zero-order chi connectivity index (χ0) is 28.2. The van der Waals surface area contributed by atoms with Crippen molar-refractivity contribution in [1.82, 2.24) is 15.1 Å². The smallest absolute Gasteiger partial charge is 0.273 e. The SMILES string of the molecule is [2H]C([2H])([2H])C([2H])([2H])C([2H])([2H])C([2H])([2H])C([2H])([2H])n1nc(C(=O)NC(C)(C)c2ccccc2)c2ccccc21. The quantitative estimate of drug-likeness (QED) is 0.652. The van der Waals surface area contributed by atoms with E-state index in [-0.39, 0.29) is 16.6 Å². The zero-order valence-electron chi connectivity index (χ0n) is 25.5. The zero-order valence-corrected chi connectivity index (χ0v) is 14.5. The lowest BCUT2D eigenvalue weighted by atomic mass is 9.94. The lowest BCUT2D eigenvalue weighted by Crippen LogP contribution is -2.41. The van der Waals surface area contributed by atoms with Crippen molar-refractivity contribution >= 4 is 16.8 Å². The van der Waals surface area contributed by atoms with Gasteiger partial charge in [0.15, 0.2) is 5.69 Å². The van der Waals surface area contributed by atoms with E-state index in [9.17, 15) is 4.79 Å². The number of nitrogens with one attached hydrogen (secondary N) is 1.